The molecule has 6 nitrogen and oxygen atoms in total. The molecule has 0 radical (unpaired) electrons. The summed E-state index contributed by atoms with van der Waals surface area (Å²) in [5, 5.41) is 18.6. The Bertz CT molecular complexity index is 982. The van der Waals surface area contributed by atoms with Crippen molar-refractivity contribution < 1.29 is 28.5 Å². The van der Waals surface area contributed by atoms with E-state index in [1.54, 1.807) is 18.2 Å². The summed E-state index contributed by atoms with van der Waals surface area (Å²) in [7, 11) is 0. The third kappa shape index (κ3) is 3.64. The molecule has 134 valence electrons. The average molecular weight is 360 g/mol. The molecule has 8 heteroatoms. The lowest BCUT2D eigenvalue weighted by Gasteiger charge is -2.07. The van der Waals surface area contributed by atoms with Crippen molar-refractivity contribution in [3.8, 4) is 11.5 Å². The van der Waals surface area contributed by atoms with Crippen LogP contribution in [-0.2, 0) is 16.1 Å². The Morgan fingerprint density at radius 3 is 2.69 bits per heavy atom. The number of phenols is 2. The van der Waals surface area contributed by atoms with Crippen LogP contribution >= 0.6 is 0 Å². The molecule has 2 N–H and O–H groups in total. The molecule has 1 aromatic heterocycles. The predicted octanol–water partition coefficient (Wildman–Crippen LogP) is 3.60. The van der Waals surface area contributed by atoms with Crippen LogP contribution in [0.5, 0.6) is 11.5 Å². The first-order valence-corrected chi connectivity index (χ1v) is 7.56. The Labute approximate surface area is 146 Å². The number of aromatic nitrogens is 2. The van der Waals surface area contributed by atoms with Crippen molar-refractivity contribution in [1.29, 1.82) is 0 Å². The lowest BCUT2D eigenvalue weighted by atomic mass is 10.2. The number of aromatic hydroxyl groups is 2. The minimum Gasteiger partial charge on any atom is -0.504 e. The smallest absolute Gasteiger partial charge is 0.331 e. The van der Waals surface area contributed by atoms with Gasteiger partial charge in [-0.25, -0.2) is 9.78 Å². The van der Waals surface area contributed by atoms with Gasteiger partial charge < -0.3 is 14.9 Å². The first-order chi connectivity index (χ1) is 12.5. The van der Waals surface area contributed by atoms with Gasteiger partial charge in [-0.1, -0.05) is 18.2 Å². The summed E-state index contributed by atoms with van der Waals surface area (Å²) < 4.78 is 32.2. The summed E-state index contributed by atoms with van der Waals surface area (Å²) >= 11 is 0. The highest BCUT2D eigenvalue weighted by Crippen LogP contribution is 2.25. The van der Waals surface area contributed by atoms with Crippen molar-refractivity contribution in [2.75, 3.05) is 0 Å². The lowest BCUT2D eigenvalue weighted by Crippen LogP contribution is -2.09. The van der Waals surface area contributed by atoms with Gasteiger partial charge in [0.15, 0.2) is 17.3 Å². The lowest BCUT2D eigenvalue weighted by molar-refractivity contribution is -0.139. The third-order valence-corrected chi connectivity index (χ3v) is 3.62. The van der Waals surface area contributed by atoms with Gasteiger partial charge in [0.1, 0.15) is 6.61 Å². The van der Waals surface area contributed by atoms with E-state index in [1.165, 1.54) is 30.3 Å². The molecule has 0 aliphatic heterocycles. The Kier molecular flexibility index (Phi) is 4.83. The quantitative estimate of drug-likeness (QED) is 0.413. The number of nitrogens with zero attached hydrogens (tertiary/aromatic N) is 2. The minimum absolute atomic E-state index is 0.0646. The normalized spacial score (nSPS) is 11.5. The molecule has 0 unspecified atom stereocenters. The summed E-state index contributed by atoms with van der Waals surface area (Å²) in [4.78, 5) is 15.9. The van der Waals surface area contributed by atoms with Crippen molar-refractivity contribution in [2.45, 2.75) is 13.2 Å². The fourth-order valence-electron chi connectivity index (χ4n) is 2.41. The molecule has 0 aliphatic rings. The molecule has 0 bridgehead atoms. The summed E-state index contributed by atoms with van der Waals surface area (Å²) in [6, 6.07) is 10.4. The molecule has 2 aromatic carbocycles. The van der Waals surface area contributed by atoms with Gasteiger partial charge in [-0.15, -0.1) is 0 Å². The maximum Gasteiger partial charge on any atom is 0.331 e. The molecule has 0 saturated carbocycles. The monoisotopic (exact) mass is 360 g/mol. The number of hydrogen-bond acceptors (Lipinski definition) is 5. The summed E-state index contributed by atoms with van der Waals surface area (Å²) in [5.41, 5.74) is 1.09. The Hall–Kier alpha value is -3.42. The maximum absolute atomic E-state index is 13.3. The number of ether oxygens (including phenoxy) is 1. The van der Waals surface area contributed by atoms with Crippen LogP contribution in [0.2, 0.25) is 0 Å². The molecule has 0 saturated heterocycles. The van der Waals surface area contributed by atoms with E-state index in [0.29, 0.717) is 15.6 Å². The van der Waals surface area contributed by atoms with Crippen molar-refractivity contribution in [2.24, 2.45) is 0 Å². The molecule has 1 heterocycles. The van der Waals surface area contributed by atoms with Gasteiger partial charge in [0, 0.05) is 6.08 Å². The van der Waals surface area contributed by atoms with E-state index in [2.05, 4.69) is 4.98 Å². The highest BCUT2D eigenvalue weighted by atomic mass is 19.3. The van der Waals surface area contributed by atoms with Crippen LogP contribution in [0, 0.1) is 0 Å². The number of para-hydroxylation sites is 2. The zero-order chi connectivity index (χ0) is 18.7. The molecule has 3 rings (SSSR count). The second-order valence-electron chi connectivity index (χ2n) is 5.35. The molecular weight excluding hydrogens is 346 g/mol. The van der Waals surface area contributed by atoms with E-state index in [1.807, 2.05) is 0 Å². The highest BCUT2D eigenvalue weighted by Gasteiger charge is 2.18. The largest absolute Gasteiger partial charge is 0.504 e. The van der Waals surface area contributed by atoms with E-state index in [-0.39, 0.29) is 22.8 Å². The van der Waals surface area contributed by atoms with Gasteiger partial charge in [-0.3, -0.25) is 4.57 Å². The van der Waals surface area contributed by atoms with Crippen LogP contribution in [0.1, 0.15) is 17.9 Å². The average Bonchev–Trinajstić information content (AvgIpc) is 2.99. The van der Waals surface area contributed by atoms with Crippen molar-refractivity contribution in [1.82, 2.24) is 9.55 Å². The van der Waals surface area contributed by atoms with E-state index in [4.69, 9.17) is 4.74 Å². The Morgan fingerprint density at radius 2 is 1.96 bits per heavy atom. The number of benzene rings is 2. The number of imidazole rings is 1. The van der Waals surface area contributed by atoms with Crippen molar-refractivity contribution in [3.63, 3.8) is 0 Å². The van der Waals surface area contributed by atoms with E-state index < -0.39 is 19.1 Å². The van der Waals surface area contributed by atoms with Gasteiger partial charge in [0.25, 0.3) is 0 Å². The molecule has 0 aliphatic carbocycles. The Morgan fingerprint density at radius 1 is 1.19 bits per heavy atom. The SMILES string of the molecule is O=C(C=Cc1ccc(O)c(O)c1)OCc1nc2ccccc2n1C(F)F. The van der Waals surface area contributed by atoms with Gasteiger partial charge in [-0.2, -0.15) is 8.78 Å². The van der Waals surface area contributed by atoms with Crippen molar-refractivity contribution >= 4 is 23.1 Å². The first kappa shape index (κ1) is 17.4. The van der Waals surface area contributed by atoms with Gasteiger partial charge in [0.2, 0.25) is 0 Å². The van der Waals surface area contributed by atoms with Crippen LogP contribution in [0.4, 0.5) is 8.78 Å². The fourth-order valence-corrected chi connectivity index (χ4v) is 2.41. The molecule has 0 amide bonds. The second-order valence-corrected chi connectivity index (χ2v) is 5.35. The number of carbonyl (C=O) groups excluding carboxylic acids is 1. The zero-order valence-electron chi connectivity index (χ0n) is 13.3. The number of rotatable bonds is 5. The summed E-state index contributed by atoms with van der Waals surface area (Å²) in [6.07, 6.45) is 2.44. The van der Waals surface area contributed by atoms with E-state index in [0.717, 1.165) is 6.08 Å². The van der Waals surface area contributed by atoms with Gasteiger partial charge in [0.05, 0.1) is 11.0 Å². The molecular formula is C18H14F2N2O4. The number of phenolic OH excluding ortho intramolecular Hbond substituents is 2. The van der Waals surface area contributed by atoms with Crippen LogP contribution in [0.3, 0.4) is 0 Å². The summed E-state index contributed by atoms with van der Waals surface area (Å²) in [5.74, 6) is -1.43. The third-order valence-electron chi connectivity index (χ3n) is 3.62. The standard InChI is InChI=1S/C18H14F2N2O4/c19-18(20)22-13-4-2-1-3-12(13)21-16(22)10-26-17(25)8-6-11-5-7-14(23)15(24)9-11/h1-9,18,23-24H,10H2. The van der Waals surface area contributed by atoms with Crippen LogP contribution in [-0.4, -0.2) is 25.7 Å². The number of carbonyl (C=O) groups is 1. The van der Waals surface area contributed by atoms with E-state index >= 15 is 0 Å². The predicted molar refractivity (Wildman–Crippen MR) is 89.6 cm³/mol. The molecule has 0 atom stereocenters. The molecule has 3 aromatic rings. The van der Waals surface area contributed by atoms with Crippen LogP contribution in [0.25, 0.3) is 17.1 Å². The van der Waals surface area contributed by atoms with Crippen LogP contribution in [0.15, 0.2) is 48.5 Å². The fraction of sp³-hybridized carbons (Fsp3) is 0.111. The highest BCUT2D eigenvalue weighted by molar-refractivity contribution is 5.87. The minimum atomic E-state index is -2.81. The van der Waals surface area contributed by atoms with Gasteiger partial charge in [-0.05, 0) is 35.9 Å². The first-order valence-electron chi connectivity index (χ1n) is 7.56. The zero-order valence-corrected chi connectivity index (χ0v) is 13.3. The molecule has 26 heavy (non-hydrogen) atoms. The topological polar surface area (TPSA) is 84.6 Å². The number of halogens is 2. The number of esters is 1. The second kappa shape index (κ2) is 7.22. The Balaban J connectivity index is 1.71. The van der Waals surface area contributed by atoms with Crippen molar-refractivity contribution in [3.05, 3.63) is 59.9 Å². The van der Waals surface area contributed by atoms with Gasteiger partial charge >= 0.3 is 12.5 Å². The molecule has 0 fully saturated rings. The number of alkyl halides is 2. The maximum atomic E-state index is 13.3. The number of fused-ring (bicyclic) bond motifs is 1. The molecule has 0 spiro atoms. The summed E-state index contributed by atoms with van der Waals surface area (Å²) in [6.45, 7) is -3.23. The van der Waals surface area contributed by atoms with Crippen LogP contribution < -0.4 is 0 Å². The number of hydrogen-bond donors (Lipinski definition) is 2. The van der Waals surface area contributed by atoms with E-state index in [9.17, 15) is 23.8 Å².